The minimum absolute atomic E-state index is 0.0725. The summed E-state index contributed by atoms with van der Waals surface area (Å²) in [5.74, 6) is -0.365. The van der Waals surface area contributed by atoms with E-state index in [1.54, 1.807) is 30.3 Å². The van der Waals surface area contributed by atoms with Crippen LogP contribution in [0.4, 0.5) is 5.69 Å². The average molecular weight is 442 g/mol. The summed E-state index contributed by atoms with van der Waals surface area (Å²) in [6.07, 6.45) is 0.141. The van der Waals surface area contributed by atoms with E-state index >= 15 is 0 Å². The molecule has 0 saturated carbocycles. The molecule has 4 rings (SSSR count). The van der Waals surface area contributed by atoms with Gasteiger partial charge in [0.2, 0.25) is 27.6 Å². The van der Waals surface area contributed by atoms with Gasteiger partial charge in [-0.3, -0.25) is 4.79 Å². The van der Waals surface area contributed by atoms with Gasteiger partial charge in [-0.15, -0.1) is 0 Å². The number of sulfonamides is 1. The first-order valence-electron chi connectivity index (χ1n) is 9.22. The molecule has 1 aliphatic rings. The molecule has 0 unspecified atom stereocenters. The number of anilines is 1. The van der Waals surface area contributed by atoms with Crippen LogP contribution in [0.2, 0.25) is 0 Å². The Bertz CT molecular complexity index is 1250. The summed E-state index contributed by atoms with van der Waals surface area (Å²) in [5, 5.41) is 9.15. The Morgan fingerprint density at radius 3 is 2.65 bits per heavy atom. The third-order valence-electron chi connectivity index (χ3n) is 4.94. The van der Waals surface area contributed by atoms with E-state index in [1.165, 1.54) is 30.2 Å². The molecule has 10 nitrogen and oxygen atoms in total. The lowest BCUT2D eigenvalue weighted by molar-refractivity contribution is -0.117. The summed E-state index contributed by atoms with van der Waals surface area (Å²) in [6.45, 7) is 0.260. The van der Waals surface area contributed by atoms with Crippen molar-refractivity contribution in [2.45, 2.75) is 17.2 Å². The van der Waals surface area contributed by atoms with Crippen molar-refractivity contribution in [1.82, 2.24) is 10.1 Å². The largest absolute Gasteiger partial charge is 0.465 e. The Labute approximate surface area is 177 Å². The number of ether oxygens (including phenoxy) is 1. The van der Waals surface area contributed by atoms with Crippen LogP contribution >= 0.6 is 0 Å². The predicted octanol–water partition coefficient (Wildman–Crippen LogP) is 1.69. The number of esters is 1. The minimum Gasteiger partial charge on any atom is -0.465 e. The van der Waals surface area contributed by atoms with E-state index in [4.69, 9.17) is 9.66 Å². The number of benzene rings is 2. The van der Waals surface area contributed by atoms with Crippen molar-refractivity contribution in [3.8, 4) is 11.4 Å². The molecule has 2 N–H and O–H groups in total. The number of hydrogen-bond donors (Lipinski definition) is 1. The summed E-state index contributed by atoms with van der Waals surface area (Å²) in [5.41, 5.74) is 1.47. The first-order chi connectivity index (χ1) is 14.8. The van der Waals surface area contributed by atoms with Crippen LogP contribution in [0.15, 0.2) is 57.9 Å². The summed E-state index contributed by atoms with van der Waals surface area (Å²) >= 11 is 0. The standard InChI is InChI=1S/C20H18N4O6S/c1-29-20(26)13-7-5-12(6-8-13)18-22-19(30-23-18)14-9-17(25)24(11-14)15-3-2-4-16(10-15)31(21,27)28/h2-8,10,14H,9,11H2,1H3,(H2,21,27,28)/t14-/m1/s1. The zero-order valence-corrected chi connectivity index (χ0v) is 17.2. The fourth-order valence-electron chi connectivity index (χ4n) is 3.34. The summed E-state index contributed by atoms with van der Waals surface area (Å²) in [4.78, 5) is 29.9. The van der Waals surface area contributed by atoms with Crippen LogP contribution in [0.25, 0.3) is 11.4 Å². The van der Waals surface area contributed by atoms with Crippen LogP contribution in [-0.2, 0) is 19.6 Å². The van der Waals surface area contributed by atoms with Crippen molar-refractivity contribution in [3.05, 3.63) is 60.0 Å². The topological polar surface area (TPSA) is 146 Å². The molecule has 3 aromatic rings. The van der Waals surface area contributed by atoms with Gasteiger partial charge >= 0.3 is 5.97 Å². The number of hydrogen-bond acceptors (Lipinski definition) is 8. The van der Waals surface area contributed by atoms with E-state index in [9.17, 15) is 18.0 Å². The third-order valence-corrected chi connectivity index (χ3v) is 5.85. The quantitative estimate of drug-likeness (QED) is 0.588. The molecular weight excluding hydrogens is 424 g/mol. The van der Waals surface area contributed by atoms with Gasteiger partial charge in [0.05, 0.1) is 23.5 Å². The van der Waals surface area contributed by atoms with Gasteiger partial charge in [-0.25, -0.2) is 18.4 Å². The first-order valence-corrected chi connectivity index (χ1v) is 10.8. The predicted molar refractivity (Wildman–Crippen MR) is 109 cm³/mol. The van der Waals surface area contributed by atoms with Gasteiger partial charge in [-0.05, 0) is 30.3 Å². The molecule has 1 saturated heterocycles. The molecule has 0 aliphatic carbocycles. The Morgan fingerprint density at radius 2 is 1.97 bits per heavy atom. The third kappa shape index (κ3) is 4.18. The van der Waals surface area contributed by atoms with Crippen LogP contribution in [0.1, 0.15) is 28.6 Å². The number of amides is 1. The highest BCUT2D eigenvalue weighted by Crippen LogP contribution is 2.32. The van der Waals surface area contributed by atoms with Crippen molar-refractivity contribution in [2.24, 2.45) is 5.14 Å². The SMILES string of the molecule is COC(=O)c1ccc(-c2noc([C@@H]3CC(=O)N(c4cccc(S(N)(=O)=O)c4)C3)n2)cc1. The van der Waals surface area contributed by atoms with E-state index in [2.05, 4.69) is 14.9 Å². The minimum atomic E-state index is -3.88. The Kier molecular flexibility index (Phi) is 5.29. The number of primary sulfonamides is 1. The van der Waals surface area contributed by atoms with Gasteiger partial charge in [0.15, 0.2) is 0 Å². The highest BCUT2D eigenvalue weighted by atomic mass is 32.2. The van der Waals surface area contributed by atoms with Gasteiger partial charge in [0, 0.05) is 24.2 Å². The molecule has 1 atom stereocenters. The molecular formula is C20H18N4O6S. The van der Waals surface area contributed by atoms with E-state index in [1.807, 2.05) is 0 Å². The highest BCUT2D eigenvalue weighted by Gasteiger charge is 2.35. The molecule has 31 heavy (non-hydrogen) atoms. The number of methoxy groups -OCH3 is 1. The Balaban J connectivity index is 1.53. The second kappa shape index (κ2) is 7.93. The number of carbonyl (C=O) groups is 2. The second-order valence-electron chi connectivity index (χ2n) is 6.97. The van der Waals surface area contributed by atoms with Crippen molar-refractivity contribution in [1.29, 1.82) is 0 Å². The summed E-state index contributed by atoms with van der Waals surface area (Å²) in [6, 6.07) is 12.4. The van der Waals surface area contributed by atoms with Crippen molar-refractivity contribution in [3.63, 3.8) is 0 Å². The normalized spacial score (nSPS) is 16.5. The maximum atomic E-state index is 12.5. The lowest BCUT2D eigenvalue weighted by Crippen LogP contribution is -2.24. The zero-order valence-electron chi connectivity index (χ0n) is 16.4. The van der Waals surface area contributed by atoms with Crippen LogP contribution < -0.4 is 10.0 Å². The highest BCUT2D eigenvalue weighted by molar-refractivity contribution is 7.89. The molecule has 0 bridgehead atoms. The van der Waals surface area contributed by atoms with Gasteiger partial charge in [-0.1, -0.05) is 23.4 Å². The molecule has 0 spiro atoms. The van der Waals surface area contributed by atoms with Crippen LogP contribution in [0, 0.1) is 0 Å². The maximum Gasteiger partial charge on any atom is 0.337 e. The van der Waals surface area contributed by atoms with Crippen LogP contribution in [0.5, 0.6) is 0 Å². The van der Waals surface area contributed by atoms with Gasteiger partial charge in [0.25, 0.3) is 0 Å². The first kappa shape index (κ1) is 20.7. The van der Waals surface area contributed by atoms with Gasteiger partial charge < -0.3 is 14.2 Å². The fourth-order valence-corrected chi connectivity index (χ4v) is 3.90. The van der Waals surface area contributed by atoms with Crippen LogP contribution in [-0.4, -0.2) is 44.1 Å². The molecule has 1 aromatic heterocycles. The van der Waals surface area contributed by atoms with E-state index in [-0.39, 0.29) is 29.7 Å². The van der Waals surface area contributed by atoms with E-state index in [0.29, 0.717) is 28.5 Å². The van der Waals surface area contributed by atoms with Crippen molar-refractivity contribution >= 4 is 27.6 Å². The summed E-state index contributed by atoms with van der Waals surface area (Å²) < 4.78 is 33.2. The molecule has 160 valence electrons. The van der Waals surface area contributed by atoms with E-state index < -0.39 is 16.0 Å². The molecule has 1 fully saturated rings. The zero-order chi connectivity index (χ0) is 22.2. The second-order valence-corrected chi connectivity index (χ2v) is 8.53. The van der Waals surface area contributed by atoms with Gasteiger partial charge in [-0.2, -0.15) is 4.98 Å². The monoisotopic (exact) mass is 442 g/mol. The number of nitrogens with two attached hydrogens (primary N) is 1. The smallest absolute Gasteiger partial charge is 0.337 e. The number of nitrogens with zero attached hydrogens (tertiary/aromatic N) is 3. The molecule has 2 aromatic carbocycles. The summed E-state index contributed by atoms with van der Waals surface area (Å²) in [7, 11) is -2.58. The lowest BCUT2D eigenvalue weighted by atomic mass is 10.1. The number of aromatic nitrogens is 2. The van der Waals surface area contributed by atoms with Crippen molar-refractivity contribution < 1.29 is 27.3 Å². The Hall–Kier alpha value is -3.57. The number of rotatable bonds is 5. The molecule has 1 amide bonds. The molecule has 11 heteroatoms. The van der Waals surface area contributed by atoms with Gasteiger partial charge in [0.1, 0.15) is 0 Å². The lowest BCUT2D eigenvalue weighted by Gasteiger charge is -2.16. The Morgan fingerprint density at radius 1 is 1.23 bits per heavy atom. The maximum absolute atomic E-state index is 12.5. The van der Waals surface area contributed by atoms with E-state index in [0.717, 1.165) is 0 Å². The molecule has 1 aliphatic heterocycles. The fraction of sp³-hybridized carbons (Fsp3) is 0.200. The van der Waals surface area contributed by atoms with Crippen LogP contribution in [0.3, 0.4) is 0 Å². The molecule has 2 heterocycles. The average Bonchev–Trinajstić information content (AvgIpc) is 3.40. The molecule has 0 radical (unpaired) electrons. The van der Waals surface area contributed by atoms with Crippen molar-refractivity contribution in [2.75, 3.05) is 18.6 Å². The number of carbonyl (C=O) groups excluding carboxylic acids is 2.